The molecular formula is C13H25N3O. The second kappa shape index (κ2) is 6.64. The van der Waals surface area contributed by atoms with Crippen molar-refractivity contribution < 1.29 is 4.74 Å². The number of hydrogen-bond acceptors (Lipinski definition) is 3. The van der Waals surface area contributed by atoms with Crippen LogP contribution in [0.15, 0.2) is 12.4 Å². The van der Waals surface area contributed by atoms with Crippen molar-refractivity contribution in [2.45, 2.75) is 59.2 Å². The lowest BCUT2D eigenvalue weighted by Crippen LogP contribution is -2.34. The summed E-state index contributed by atoms with van der Waals surface area (Å²) < 4.78 is 7.70. The molecule has 1 heterocycles. The zero-order valence-electron chi connectivity index (χ0n) is 11.6. The van der Waals surface area contributed by atoms with Crippen LogP contribution in [0.4, 0.5) is 0 Å². The molecule has 4 heteroatoms. The lowest BCUT2D eigenvalue weighted by atomic mass is 10.2. The molecular weight excluding hydrogens is 214 g/mol. The Morgan fingerprint density at radius 3 is 2.59 bits per heavy atom. The minimum atomic E-state index is 0.161. The van der Waals surface area contributed by atoms with E-state index in [1.807, 2.05) is 10.9 Å². The van der Waals surface area contributed by atoms with Crippen LogP contribution in [0.3, 0.4) is 0 Å². The first-order chi connectivity index (χ1) is 8.02. The summed E-state index contributed by atoms with van der Waals surface area (Å²) in [5.41, 5.74) is 0. The number of ether oxygens (including phenoxy) is 1. The second-order valence-electron chi connectivity index (χ2n) is 4.90. The summed E-state index contributed by atoms with van der Waals surface area (Å²) in [5.74, 6) is 0.845. The maximum absolute atomic E-state index is 5.79. The highest BCUT2D eigenvalue weighted by atomic mass is 16.5. The molecule has 0 saturated heterocycles. The Balaban J connectivity index is 2.36. The van der Waals surface area contributed by atoms with E-state index in [0.717, 1.165) is 18.7 Å². The van der Waals surface area contributed by atoms with E-state index >= 15 is 0 Å². The van der Waals surface area contributed by atoms with Gasteiger partial charge in [0.25, 0.3) is 0 Å². The average molecular weight is 239 g/mol. The fourth-order valence-corrected chi connectivity index (χ4v) is 1.45. The molecule has 0 bridgehead atoms. The van der Waals surface area contributed by atoms with Gasteiger partial charge in [0.05, 0.1) is 12.4 Å². The molecule has 0 radical (unpaired) electrons. The van der Waals surface area contributed by atoms with Crippen molar-refractivity contribution >= 4 is 0 Å². The fraction of sp³-hybridized carbons (Fsp3) is 0.769. The van der Waals surface area contributed by atoms with Crippen molar-refractivity contribution in [1.82, 2.24) is 15.1 Å². The van der Waals surface area contributed by atoms with Gasteiger partial charge in [-0.25, -0.2) is 0 Å². The number of nitrogens with zero attached hydrogens (tertiary/aromatic N) is 2. The van der Waals surface area contributed by atoms with E-state index in [1.165, 1.54) is 0 Å². The molecule has 17 heavy (non-hydrogen) atoms. The monoisotopic (exact) mass is 239 g/mol. The summed E-state index contributed by atoms with van der Waals surface area (Å²) in [7, 11) is 0. The van der Waals surface area contributed by atoms with Crippen molar-refractivity contribution in [3.63, 3.8) is 0 Å². The van der Waals surface area contributed by atoms with Crippen molar-refractivity contribution in [3.05, 3.63) is 12.4 Å². The molecule has 0 aliphatic rings. The molecule has 2 unspecified atom stereocenters. The molecule has 1 N–H and O–H groups in total. The van der Waals surface area contributed by atoms with E-state index in [9.17, 15) is 0 Å². The van der Waals surface area contributed by atoms with Gasteiger partial charge in [-0.1, -0.05) is 6.92 Å². The lowest BCUT2D eigenvalue weighted by Gasteiger charge is -2.17. The first-order valence-electron chi connectivity index (χ1n) is 6.47. The van der Waals surface area contributed by atoms with Crippen molar-refractivity contribution in [3.8, 4) is 5.75 Å². The quantitative estimate of drug-likeness (QED) is 0.795. The van der Waals surface area contributed by atoms with Gasteiger partial charge < -0.3 is 10.1 Å². The fourth-order valence-electron chi connectivity index (χ4n) is 1.45. The molecule has 0 fully saturated rings. The SMILES string of the molecule is CCC(C)NCC(C)Oc1cnn(C(C)C)c1. The van der Waals surface area contributed by atoms with Gasteiger partial charge in [0.2, 0.25) is 0 Å². The predicted octanol–water partition coefficient (Wildman–Crippen LogP) is 2.62. The van der Waals surface area contributed by atoms with Crippen molar-refractivity contribution in [2.75, 3.05) is 6.54 Å². The van der Waals surface area contributed by atoms with Gasteiger partial charge in [-0.2, -0.15) is 5.10 Å². The van der Waals surface area contributed by atoms with Crippen LogP contribution in [-0.4, -0.2) is 28.5 Å². The smallest absolute Gasteiger partial charge is 0.157 e. The molecule has 0 saturated carbocycles. The second-order valence-corrected chi connectivity index (χ2v) is 4.90. The molecule has 4 nitrogen and oxygen atoms in total. The van der Waals surface area contributed by atoms with E-state index < -0.39 is 0 Å². The summed E-state index contributed by atoms with van der Waals surface area (Å²) in [5, 5.41) is 7.68. The first-order valence-corrected chi connectivity index (χ1v) is 6.47. The molecule has 1 aromatic heterocycles. The molecule has 0 aromatic carbocycles. The Labute approximate surface area is 104 Å². The number of rotatable bonds is 7. The third-order valence-corrected chi connectivity index (χ3v) is 2.81. The van der Waals surface area contributed by atoms with Gasteiger partial charge in [0, 0.05) is 18.6 Å². The average Bonchev–Trinajstić information content (AvgIpc) is 2.74. The Kier molecular flexibility index (Phi) is 5.48. The van der Waals surface area contributed by atoms with Crippen LogP contribution in [-0.2, 0) is 0 Å². The van der Waals surface area contributed by atoms with E-state index in [2.05, 4.69) is 45.0 Å². The predicted molar refractivity (Wildman–Crippen MR) is 70.5 cm³/mol. The van der Waals surface area contributed by atoms with Crippen molar-refractivity contribution in [2.24, 2.45) is 0 Å². The van der Waals surface area contributed by atoms with E-state index in [4.69, 9.17) is 4.74 Å². The van der Waals surface area contributed by atoms with Crippen molar-refractivity contribution in [1.29, 1.82) is 0 Å². The van der Waals surface area contributed by atoms with E-state index in [0.29, 0.717) is 12.1 Å². The van der Waals surface area contributed by atoms with Gasteiger partial charge in [-0.15, -0.1) is 0 Å². The Hall–Kier alpha value is -1.03. The highest BCUT2D eigenvalue weighted by molar-refractivity contribution is 5.12. The summed E-state index contributed by atoms with van der Waals surface area (Å²) in [6.07, 6.45) is 5.02. The largest absolute Gasteiger partial charge is 0.486 e. The van der Waals surface area contributed by atoms with Gasteiger partial charge in [0.15, 0.2) is 5.75 Å². The Morgan fingerprint density at radius 1 is 1.35 bits per heavy atom. The maximum atomic E-state index is 5.79. The minimum Gasteiger partial charge on any atom is -0.486 e. The highest BCUT2D eigenvalue weighted by Crippen LogP contribution is 2.13. The van der Waals surface area contributed by atoms with E-state index in [1.54, 1.807) is 6.20 Å². The maximum Gasteiger partial charge on any atom is 0.157 e. The molecule has 2 atom stereocenters. The minimum absolute atomic E-state index is 0.161. The number of aromatic nitrogens is 2. The summed E-state index contributed by atoms with van der Waals surface area (Å²) in [4.78, 5) is 0. The molecule has 0 amide bonds. The van der Waals surface area contributed by atoms with Gasteiger partial charge >= 0.3 is 0 Å². The molecule has 0 spiro atoms. The number of nitrogens with one attached hydrogen (secondary N) is 1. The third-order valence-electron chi connectivity index (χ3n) is 2.81. The summed E-state index contributed by atoms with van der Waals surface area (Å²) >= 11 is 0. The third kappa shape index (κ3) is 4.77. The zero-order chi connectivity index (χ0) is 12.8. The van der Waals surface area contributed by atoms with Crippen LogP contribution in [0.5, 0.6) is 5.75 Å². The summed E-state index contributed by atoms with van der Waals surface area (Å²) in [6, 6.07) is 0.917. The van der Waals surface area contributed by atoms with Crippen LogP contribution in [0, 0.1) is 0 Å². The molecule has 1 rings (SSSR count). The van der Waals surface area contributed by atoms with Gasteiger partial charge in [-0.05, 0) is 34.1 Å². The Morgan fingerprint density at radius 2 is 2.06 bits per heavy atom. The van der Waals surface area contributed by atoms with Crippen LogP contribution >= 0.6 is 0 Å². The molecule has 1 aromatic rings. The standard InChI is InChI=1S/C13H25N3O/c1-6-11(4)14-7-12(5)17-13-8-15-16(9-13)10(2)3/h8-12,14H,6-7H2,1-5H3. The molecule has 0 aliphatic carbocycles. The van der Waals surface area contributed by atoms with Crippen LogP contribution in [0.1, 0.15) is 47.1 Å². The van der Waals surface area contributed by atoms with Crippen LogP contribution in [0.2, 0.25) is 0 Å². The topological polar surface area (TPSA) is 39.1 Å². The van der Waals surface area contributed by atoms with E-state index in [-0.39, 0.29) is 6.10 Å². The lowest BCUT2D eigenvalue weighted by molar-refractivity contribution is 0.211. The van der Waals surface area contributed by atoms with Gasteiger partial charge in [-0.3, -0.25) is 4.68 Å². The summed E-state index contributed by atoms with van der Waals surface area (Å²) in [6.45, 7) is 11.5. The number of hydrogen-bond donors (Lipinski definition) is 1. The first kappa shape index (κ1) is 14.0. The molecule has 98 valence electrons. The highest BCUT2D eigenvalue weighted by Gasteiger charge is 2.08. The van der Waals surface area contributed by atoms with Crippen LogP contribution in [0.25, 0.3) is 0 Å². The Bertz CT molecular complexity index is 322. The normalized spacial score (nSPS) is 14.9. The van der Waals surface area contributed by atoms with Crippen LogP contribution < -0.4 is 10.1 Å². The molecule has 0 aliphatic heterocycles. The zero-order valence-corrected chi connectivity index (χ0v) is 11.6. The van der Waals surface area contributed by atoms with Gasteiger partial charge in [0.1, 0.15) is 6.10 Å².